The van der Waals surface area contributed by atoms with Gasteiger partial charge in [-0.05, 0) is 65.3 Å². The summed E-state index contributed by atoms with van der Waals surface area (Å²) < 4.78 is 3.12. The average molecular weight is 502 g/mol. The molecule has 6 heteroatoms. The van der Waals surface area contributed by atoms with Crippen LogP contribution in [0, 0.1) is 5.92 Å². The molecule has 4 aromatic rings. The number of benzene rings is 3. The van der Waals surface area contributed by atoms with Crippen LogP contribution in [0.15, 0.2) is 71.5 Å². The highest BCUT2D eigenvalue weighted by molar-refractivity contribution is 6.30. The Hall–Kier alpha value is -3.18. The molecule has 5 nitrogen and oxygen atoms in total. The molecule has 1 aromatic heterocycles. The molecule has 0 aliphatic heterocycles. The fraction of sp³-hybridized carbons (Fsp3) is 0.367. The Morgan fingerprint density at radius 3 is 2.50 bits per heavy atom. The maximum atomic E-state index is 13.5. The molecule has 36 heavy (non-hydrogen) atoms. The van der Waals surface area contributed by atoms with Crippen LogP contribution in [0.5, 0.6) is 0 Å². The minimum Gasteiger partial charge on any atom is -0.298 e. The van der Waals surface area contributed by atoms with Gasteiger partial charge in [-0.2, -0.15) is 0 Å². The normalized spacial score (nSPS) is 15.3. The lowest BCUT2D eigenvalue weighted by Crippen LogP contribution is -2.30. The lowest BCUT2D eigenvalue weighted by Gasteiger charge is -2.22. The number of Topliss-reactive ketones (excluding diaryl/α,β-unsaturated/α-hetero) is 1. The standard InChI is InChI=1S/C30H32ClN3O2/c1-21(27-13-7-11-23-10-5-6-12-28(23)27)18-26(35)20-34-30(36)33(19-22-8-3-2-4-9-22)29(32-34)24-14-16-25(31)17-15-24/h5-7,10-17,21-22H,2-4,8-9,18-20H2,1H3/t21-/m0/s1. The number of fused-ring (bicyclic) bond motifs is 1. The zero-order valence-electron chi connectivity index (χ0n) is 20.7. The van der Waals surface area contributed by atoms with Crippen LogP contribution >= 0.6 is 11.6 Å². The van der Waals surface area contributed by atoms with Crippen LogP contribution in [0.25, 0.3) is 22.2 Å². The first-order valence-corrected chi connectivity index (χ1v) is 13.3. The molecule has 0 N–H and O–H groups in total. The van der Waals surface area contributed by atoms with Crippen molar-refractivity contribution in [2.24, 2.45) is 5.92 Å². The second-order valence-corrected chi connectivity index (χ2v) is 10.5. The molecule has 0 radical (unpaired) electrons. The minimum absolute atomic E-state index is 0.00232. The van der Waals surface area contributed by atoms with Crippen LogP contribution in [0.4, 0.5) is 0 Å². The summed E-state index contributed by atoms with van der Waals surface area (Å²) in [6, 6.07) is 21.8. The maximum Gasteiger partial charge on any atom is 0.346 e. The maximum absolute atomic E-state index is 13.5. The summed E-state index contributed by atoms with van der Waals surface area (Å²) in [4.78, 5) is 26.6. The monoisotopic (exact) mass is 501 g/mol. The molecule has 0 saturated heterocycles. The fourth-order valence-corrected chi connectivity index (χ4v) is 5.64. The van der Waals surface area contributed by atoms with Gasteiger partial charge in [-0.15, -0.1) is 5.10 Å². The van der Waals surface area contributed by atoms with Crippen molar-refractivity contribution >= 4 is 28.2 Å². The highest BCUT2D eigenvalue weighted by Gasteiger charge is 2.22. The van der Waals surface area contributed by atoms with Crippen molar-refractivity contribution < 1.29 is 4.79 Å². The second-order valence-electron chi connectivity index (χ2n) is 10.1. The van der Waals surface area contributed by atoms with Crippen molar-refractivity contribution in [2.45, 2.75) is 64.5 Å². The van der Waals surface area contributed by atoms with E-state index in [-0.39, 0.29) is 23.9 Å². The molecule has 186 valence electrons. The van der Waals surface area contributed by atoms with E-state index in [1.807, 2.05) is 42.5 Å². The number of nitrogens with zero attached hydrogens (tertiary/aromatic N) is 3. The summed E-state index contributed by atoms with van der Waals surface area (Å²) >= 11 is 6.10. The Bertz CT molecular complexity index is 1410. The number of hydrogen-bond acceptors (Lipinski definition) is 3. The number of hydrogen-bond donors (Lipinski definition) is 0. The van der Waals surface area contributed by atoms with Gasteiger partial charge in [0.15, 0.2) is 11.6 Å². The van der Waals surface area contributed by atoms with Gasteiger partial charge in [-0.1, -0.05) is 80.3 Å². The predicted octanol–water partition coefficient (Wildman–Crippen LogP) is 6.86. The van der Waals surface area contributed by atoms with Crippen molar-refractivity contribution in [3.63, 3.8) is 0 Å². The van der Waals surface area contributed by atoms with E-state index in [4.69, 9.17) is 11.6 Å². The van der Waals surface area contributed by atoms with Crippen LogP contribution in [0.3, 0.4) is 0 Å². The van der Waals surface area contributed by atoms with Crippen molar-refractivity contribution in [3.8, 4) is 11.4 Å². The highest BCUT2D eigenvalue weighted by atomic mass is 35.5. The molecule has 1 aliphatic carbocycles. The number of aromatic nitrogens is 3. The molecule has 0 bridgehead atoms. The van der Waals surface area contributed by atoms with Gasteiger partial charge in [0.2, 0.25) is 0 Å². The van der Waals surface area contributed by atoms with Gasteiger partial charge >= 0.3 is 5.69 Å². The number of halogens is 1. The van der Waals surface area contributed by atoms with E-state index in [1.165, 1.54) is 34.7 Å². The summed E-state index contributed by atoms with van der Waals surface area (Å²) in [5, 5.41) is 7.62. The molecule has 5 rings (SSSR count). The van der Waals surface area contributed by atoms with Crippen molar-refractivity contribution in [1.82, 2.24) is 14.3 Å². The molecule has 1 fully saturated rings. The summed E-state index contributed by atoms with van der Waals surface area (Å²) in [7, 11) is 0. The van der Waals surface area contributed by atoms with Gasteiger partial charge in [-0.25, -0.2) is 9.48 Å². The van der Waals surface area contributed by atoms with E-state index in [9.17, 15) is 9.59 Å². The van der Waals surface area contributed by atoms with Gasteiger partial charge < -0.3 is 0 Å². The number of rotatable bonds is 8. The van der Waals surface area contributed by atoms with E-state index < -0.39 is 0 Å². The summed E-state index contributed by atoms with van der Waals surface area (Å²) in [5.74, 6) is 1.11. The van der Waals surface area contributed by atoms with E-state index in [0.717, 1.165) is 24.0 Å². The summed E-state index contributed by atoms with van der Waals surface area (Å²) in [6.45, 7) is 2.69. The zero-order valence-corrected chi connectivity index (χ0v) is 21.5. The number of ketones is 1. The fourth-order valence-electron chi connectivity index (χ4n) is 5.51. The van der Waals surface area contributed by atoms with E-state index in [1.54, 1.807) is 4.57 Å². The molecule has 3 aromatic carbocycles. The zero-order chi connectivity index (χ0) is 25.1. The van der Waals surface area contributed by atoms with E-state index in [0.29, 0.717) is 29.7 Å². The molecule has 1 atom stereocenters. The third kappa shape index (κ3) is 5.31. The average Bonchev–Trinajstić information content (AvgIpc) is 3.19. The third-order valence-corrected chi connectivity index (χ3v) is 7.66. The van der Waals surface area contributed by atoms with Crippen LogP contribution in [0.2, 0.25) is 5.02 Å². The van der Waals surface area contributed by atoms with E-state index >= 15 is 0 Å². The number of carbonyl (C=O) groups excluding carboxylic acids is 1. The topological polar surface area (TPSA) is 56.9 Å². The van der Waals surface area contributed by atoms with Gasteiger partial charge in [0.05, 0.1) is 0 Å². The van der Waals surface area contributed by atoms with Gasteiger partial charge in [-0.3, -0.25) is 9.36 Å². The van der Waals surface area contributed by atoms with Crippen molar-refractivity contribution in [1.29, 1.82) is 0 Å². The van der Waals surface area contributed by atoms with Crippen LogP contribution in [-0.2, 0) is 17.9 Å². The Kier molecular flexibility index (Phi) is 7.38. The molecule has 1 saturated carbocycles. The van der Waals surface area contributed by atoms with Gasteiger partial charge in [0.1, 0.15) is 6.54 Å². The van der Waals surface area contributed by atoms with Crippen LogP contribution in [0.1, 0.15) is 56.9 Å². The largest absolute Gasteiger partial charge is 0.346 e. The van der Waals surface area contributed by atoms with Gasteiger partial charge in [0.25, 0.3) is 0 Å². The van der Waals surface area contributed by atoms with Crippen LogP contribution in [-0.4, -0.2) is 20.1 Å². The number of carbonyl (C=O) groups is 1. The molecular weight excluding hydrogens is 470 g/mol. The smallest absolute Gasteiger partial charge is 0.298 e. The van der Waals surface area contributed by atoms with Crippen molar-refractivity contribution in [2.75, 3.05) is 0 Å². The molecule has 0 amide bonds. The Balaban J connectivity index is 1.39. The molecule has 1 aliphatic rings. The first-order chi connectivity index (χ1) is 17.5. The molecule has 1 heterocycles. The first-order valence-electron chi connectivity index (χ1n) is 12.9. The molecule has 0 spiro atoms. The van der Waals surface area contributed by atoms with E-state index in [2.05, 4.69) is 36.3 Å². The quantitative estimate of drug-likeness (QED) is 0.265. The summed E-state index contributed by atoms with van der Waals surface area (Å²) in [5.41, 5.74) is 1.78. The lowest BCUT2D eigenvalue weighted by molar-refractivity contribution is -0.120. The minimum atomic E-state index is -0.211. The predicted molar refractivity (Wildman–Crippen MR) is 145 cm³/mol. The highest BCUT2D eigenvalue weighted by Crippen LogP contribution is 2.29. The van der Waals surface area contributed by atoms with Crippen molar-refractivity contribution in [3.05, 3.63) is 87.8 Å². The molecule has 0 unspecified atom stereocenters. The Morgan fingerprint density at radius 1 is 1.00 bits per heavy atom. The van der Waals surface area contributed by atoms with Gasteiger partial charge in [0, 0.05) is 23.6 Å². The Labute approximate surface area is 216 Å². The van der Waals surface area contributed by atoms with Crippen LogP contribution < -0.4 is 5.69 Å². The Morgan fingerprint density at radius 2 is 1.72 bits per heavy atom. The third-order valence-electron chi connectivity index (χ3n) is 7.41. The lowest BCUT2D eigenvalue weighted by atomic mass is 9.89. The SMILES string of the molecule is C[C@@H](CC(=O)Cn1nc(-c2ccc(Cl)cc2)n(CC2CCCCC2)c1=O)c1cccc2ccccc12. The first kappa shape index (κ1) is 24.5. The molecular formula is C30H32ClN3O2. The summed E-state index contributed by atoms with van der Waals surface area (Å²) in [6.07, 6.45) is 6.27. The second kappa shape index (κ2) is 10.8.